The zero-order valence-electron chi connectivity index (χ0n) is 16.8. The highest BCUT2D eigenvalue weighted by atomic mass is 16.6. The lowest BCUT2D eigenvalue weighted by Crippen LogP contribution is -2.51. The van der Waals surface area contributed by atoms with Gasteiger partial charge in [0.1, 0.15) is 5.75 Å². The highest BCUT2D eigenvalue weighted by Crippen LogP contribution is 2.25. The van der Waals surface area contributed by atoms with Gasteiger partial charge in [-0.3, -0.25) is 24.7 Å². The van der Waals surface area contributed by atoms with Crippen molar-refractivity contribution in [1.82, 2.24) is 14.7 Å². The van der Waals surface area contributed by atoms with Crippen molar-refractivity contribution >= 4 is 11.6 Å². The van der Waals surface area contributed by atoms with Gasteiger partial charge in [-0.05, 0) is 32.3 Å². The van der Waals surface area contributed by atoms with E-state index in [0.717, 1.165) is 51.1 Å². The molecule has 8 nitrogen and oxygen atoms in total. The summed E-state index contributed by atoms with van der Waals surface area (Å²) in [5, 5.41) is 11.1. The van der Waals surface area contributed by atoms with Crippen molar-refractivity contribution in [2.24, 2.45) is 0 Å². The summed E-state index contributed by atoms with van der Waals surface area (Å²) in [6.07, 6.45) is 3.42. The minimum Gasteiger partial charge on any atom is -0.496 e. The summed E-state index contributed by atoms with van der Waals surface area (Å²) in [5.74, 6) is 0.906. The van der Waals surface area contributed by atoms with Gasteiger partial charge in [0, 0.05) is 63.0 Å². The van der Waals surface area contributed by atoms with Crippen LogP contribution in [0.3, 0.4) is 0 Å². The van der Waals surface area contributed by atoms with Gasteiger partial charge in [-0.2, -0.15) is 0 Å². The molecule has 1 atom stereocenters. The second kappa shape index (κ2) is 9.34. The monoisotopic (exact) mass is 390 g/mol. The fourth-order valence-electron chi connectivity index (χ4n) is 4.10. The van der Waals surface area contributed by atoms with Crippen LogP contribution >= 0.6 is 0 Å². The van der Waals surface area contributed by atoms with E-state index in [1.165, 1.54) is 12.5 Å². The van der Waals surface area contributed by atoms with Gasteiger partial charge in [0.05, 0.1) is 18.6 Å². The standard InChI is InChI=1S/C20H30N4O4/c1-16-5-3-4-8-23(16)20(25)15-22-11-9-21(10-12-22)14-17-13-18(24(26)27)6-7-19(17)28-2/h6-7,13,16H,3-5,8-12,14-15H2,1-2H3. The number of hydrogen-bond donors (Lipinski definition) is 0. The third kappa shape index (κ3) is 4.99. The third-order valence-electron chi connectivity index (χ3n) is 5.82. The molecular weight excluding hydrogens is 360 g/mol. The summed E-state index contributed by atoms with van der Waals surface area (Å²) in [4.78, 5) is 29.8. The van der Waals surface area contributed by atoms with Gasteiger partial charge in [-0.25, -0.2) is 0 Å². The van der Waals surface area contributed by atoms with Crippen LogP contribution in [0.15, 0.2) is 18.2 Å². The summed E-state index contributed by atoms with van der Waals surface area (Å²) < 4.78 is 5.36. The first kappa shape index (κ1) is 20.5. The number of nitrogens with zero attached hydrogens (tertiary/aromatic N) is 4. The molecule has 0 saturated carbocycles. The van der Waals surface area contributed by atoms with Crippen molar-refractivity contribution in [1.29, 1.82) is 0 Å². The maximum atomic E-state index is 12.6. The average molecular weight is 390 g/mol. The topological polar surface area (TPSA) is 79.2 Å². The molecule has 2 aliphatic rings. The minimum atomic E-state index is -0.381. The number of ether oxygens (including phenoxy) is 1. The molecule has 0 N–H and O–H groups in total. The van der Waals surface area contributed by atoms with E-state index in [0.29, 0.717) is 24.9 Å². The van der Waals surface area contributed by atoms with Crippen LogP contribution in [0, 0.1) is 10.1 Å². The Morgan fingerprint density at radius 3 is 2.54 bits per heavy atom. The van der Waals surface area contributed by atoms with Crippen LogP contribution in [-0.2, 0) is 11.3 Å². The predicted octanol–water partition coefficient (Wildman–Crippen LogP) is 2.12. The van der Waals surface area contributed by atoms with Crippen molar-refractivity contribution in [3.63, 3.8) is 0 Å². The predicted molar refractivity (Wildman–Crippen MR) is 106 cm³/mol. The molecule has 28 heavy (non-hydrogen) atoms. The molecule has 2 heterocycles. The molecule has 1 aromatic rings. The molecule has 3 rings (SSSR count). The van der Waals surface area contributed by atoms with Crippen molar-refractivity contribution in [3.05, 3.63) is 33.9 Å². The van der Waals surface area contributed by atoms with Crippen LogP contribution in [0.25, 0.3) is 0 Å². The first-order chi connectivity index (χ1) is 13.5. The summed E-state index contributed by atoms with van der Waals surface area (Å²) in [6.45, 7) is 7.42. The van der Waals surface area contributed by atoms with Crippen LogP contribution in [0.5, 0.6) is 5.75 Å². The van der Waals surface area contributed by atoms with E-state index in [4.69, 9.17) is 4.74 Å². The maximum Gasteiger partial charge on any atom is 0.270 e. The zero-order chi connectivity index (χ0) is 20.1. The highest BCUT2D eigenvalue weighted by Gasteiger charge is 2.26. The second-order valence-corrected chi connectivity index (χ2v) is 7.74. The Morgan fingerprint density at radius 1 is 1.18 bits per heavy atom. The number of nitro benzene ring substituents is 1. The van der Waals surface area contributed by atoms with Crippen molar-refractivity contribution in [2.75, 3.05) is 46.4 Å². The van der Waals surface area contributed by atoms with Crippen LogP contribution in [0.2, 0.25) is 0 Å². The average Bonchev–Trinajstić information content (AvgIpc) is 2.69. The number of carbonyl (C=O) groups is 1. The van der Waals surface area contributed by atoms with Gasteiger partial charge < -0.3 is 9.64 Å². The van der Waals surface area contributed by atoms with Crippen LogP contribution < -0.4 is 4.74 Å². The molecule has 8 heteroatoms. The molecule has 2 fully saturated rings. The van der Waals surface area contributed by atoms with Crippen LogP contribution in [0.1, 0.15) is 31.7 Å². The van der Waals surface area contributed by atoms with E-state index in [1.54, 1.807) is 19.2 Å². The number of methoxy groups -OCH3 is 1. The van der Waals surface area contributed by atoms with Gasteiger partial charge >= 0.3 is 0 Å². The molecule has 1 unspecified atom stereocenters. The van der Waals surface area contributed by atoms with Crippen LogP contribution in [-0.4, -0.2) is 78.0 Å². The smallest absolute Gasteiger partial charge is 0.270 e. The Bertz CT molecular complexity index is 703. The number of hydrogen-bond acceptors (Lipinski definition) is 6. The lowest BCUT2D eigenvalue weighted by molar-refractivity contribution is -0.385. The Balaban J connectivity index is 1.52. The van der Waals surface area contributed by atoms with Gasteiger partial charge in [-0.1, -0.05) is 0 Å². The number of carbonyl (C=O) groups excluding carboxylic acids is 1. The Labute approximate surface area is 166 Å². The van der Waals surface area contributed by atoms with Crippen molar-refractivity contribution in [3.8, 4) is 5.75 Å². The number of rotatable bonds is 6. The van der Waals surface area contributed by atoms with Crippen molar-refractivity contribution in [2.45, 2.75) is 38.8 Å². The minimum absolute atomic E-state index is 0.0793. The molecular formula is C20H30N4O4. The second-order valence-electron chi connectivity index (χ2n) is 7.74. The van der Waals surface area contributed by atoms with Crippen molar-refractivity contribution < 1.29 is 14.5 Å². The lowest BCUT2D eigenvalue weighted by atomic mass is 10.0. The molecule has 0 aromatic heterocycles. The molecule has 0 aliphatic carbocycles. The molecule has 1 aromatic carbocycles. The number of nitro groups is 1. The molecule has 2 saturated heterocycles. The maximum absolute atomic E-state index is 12.6. The van der Waals surface area contributed by atoms with E-state index in [2.05, 4.69) is 16.7 Å². The number of benzene rings is 1. The summed E-state index contributed by atoms with van der Waals surface area (Å²) in [5.41, 5.74) is 0.902. The third-order valence-corrected chi connectivity index (χ3v) is 5.82. The first-order valence-electron chi connectivity index (χ1n) is 10.0. The number of likely N-dealkylation sites (tertiary alicyclic amines) is 1. The number of piperazine rings is 1. The van der Waals surface area contributed by atoms with E-state index in [9.17, 15) is 14.9 Å². The van der Waals surface area contributed by atoms with Crippen LogP contribution in [0.4, 0.5) is 5.69 Å². The molecule has 0 spiro atoms. The van der Waals surface area contributed by atoms with Gasteiger partial charge in [0.25, 0.3) is 5.69 Å². The number of piperidine rings is 1. The summed E-state index contributed by atoms with van der Waals surface area (Å²) in [6, 6.07) is 5.06. The number of non-ortho nitro benzene ring substituents is 1. The zero-order valence-corrected chi connectivity index (χ0v) is 16.8. The molecule has 1 amide bonds. The Hall–Kier alpha value is -2.19. The SMILES string of the molecule is COc1ccc([N+](=O)[O-])cc1CN1CCN(CC(=O)N2CCCCC2C)CC1. The van der Waals surface area contributed by atoms with Gasteiger partial charge in [-0.15, -0.1) is 0 Å². The molecule has 154 valence electrons. The lowest BCUT2D eigenvalue weighted by Gasteiger charge is -2.38. The normalized spacial score (nSPS) is 21.5. The summed E-state index contributed by atoms with van der Waals surface area (Å²) >= 11 is 0. The largest absolute Gasteiger partial charge is 0.496 e. The van der Waals surface area contributed by atoms with Gasteiger partial charge in [0.15, 0.2) is 0 Å². The Kier molecular flexibility index (Phi) is 6.85. The van der Waals surface area contributed by atoms with E-state index < -0.39 is 0 Å². The van der Waals surface area contributed by atoms with E-state index in [1.807, 2.05) is 4.90 Å². The van der Waals surface area contributed by atoms with Gasteiger partial charge in [0.2, 0.25) is 5.91 Å². The molecule has 0 radical (unpaired) electrons. The van der Waals surface area contributed by atoms with E-state index in [-0.39, 0.29) is 16.5 Å². The highest BCUT2D eigenvalue weighted by molar-refractivity contribution is 5.78. The molecule has 2 aliphatic heterocycles. The fourth-order valence-corrected chi connectivity index (χ4v) is 4.10. The first-order valence-corrected chi connectivity index (χ1v) is 10.0. The quantitative estimate of drug-likeness (QED) is 0.547. The molecule has 0 bridgehead atoms. The fraction of sp³-hybridized carbons (Fsp3) is 0.650. The summed E-state index contributed by atoms with van der Waals surface area (Å²) in [7, 11) is 1.58. The van der Waals surface area contributed by atoms with E-state index >= 15 is 0 Å². The Morgan fingerprint density at radius 2 is 1.89 bits per heavy atom. The number of amides is 1.